The first-order valence-corrected chi connectivity index (χ1v) is 8.18. The van der Waals surface area contributed by atoms with Crippen LogP contribution in [-0.4, -0.2) is 31.2 Å². The van der Waals surface area contributed by atoms with E-state index in [0.29, 0.717) is 6.54 Å². The number of aromatic nitrogens is 1. The first-order chi connectivity index (χ1) is 11.6. The number of methoxy groups -OCH3 is 1. The average Bonchev–Trinajstić information content (AvgIpc) is 2.99. The third-order valence-electron chi connectivity index (χ3n) is 4.40. The molecule has 0 saturated carbocycles. The second-order valence-electron chi connectivity index (χ2n) is 6.08. The lowest BCUT2D eigenvalue weighted by Gasteiger charge is -2.18. The highest BCUT2D eigenvalue weighted by Crippen LogP contribution is 2.34. The molecule has 1 amide bonds. The number of carbonyl (C=O) groups excluding carboxylic acids is 1. The molecule has 0 saturated heterocycles. The van der Waals surface area contributed by atoms with Gasteiger partial charge in [-0.1, -0.05) is 12.1 Å². The van der Waals surface area contributed by atoms with Crippen LogP contribution in [0.25, 0.3) is 0 Å². The highest BCUT2D eigenvalue weighted by atomic mass is 16.5. The molecule has 24 heavy (non-hydrogen) atoms. The van der Waals surface area contributed by atoms with Gasteiger partial charge < -0.3 is 15.0 Å². The van der Waals surface area contributed by atoms with Crippen LogP contribution >= 0.6 is 0 Å². The van der Waals surface area contributed by atoms with Gasteiger partial charge in [0, 0.05) is 48.5 Å². The van der Waals surface area contributed by atoms with E-state index in [9.17, 15) is 4.79 Å². The van der Waals surface area contributed by atoms with Gasteiger partial charge in [0.1, 0.15) is 6.61 Å². The maximum absolute atomic E-state index is 12.1. The number of anilines is 2. The molecule has 0 radical (unpaired) electrons. The largest absolute Gasteiger partial charge is 0.381 e. The number of hydrogen-bond acceptors (Lipinski definition) is 4. The fourth-order valence-electron chi connectivity index (χ4n) is 3.15. The van der Waals surface area contributed by atoms with Crippen molar-refractivity contribution < 1.29 is 9.53 Å². The second kappa shape index (κ2) is 7.01. The van der Waals surface area contributed by atoms with Gasteiger partial charge in [0.25, 0.3) is 5.91 Å². The maximum Gasteiger partial charge on any atom is 0.252 e. The zero-order chi connectivity index (χ0) is 17.1. The Hall–Kier alpha value is -2.40. The third kappa shape index (κ3) is 3.26. The van der Waals surface area contributed by atoms with E-state index in [4.69, 9.17) is 4.74 Å². The Labute approximate surface area is 142 Å². The number of carbonyl (C=O) groups is 1. The normalized spacial score (nSPS) is 13.0. The average molecular weight is 325 g/mol. The van der Waals surface area contributed by atoms with Gasteiger partial charge in [-0.05, 0) is 44.0 Å². The Morgan fingerprint density at radius 2 is 2.12 bits per heavy atom. The van der Waals surface area contributed by atoms with Crippen molar-refractivity contribution in [3.05, 3.63) is 52.8 Å². The standard InChI is InChI=1S/C19H23N3O2/c1-13-7-8-15(14(2)21-13)11-20-17-5-4-6-18-16(17)9-10-22(18)19(23)12-24-3/h4-8,20H,9-12H2,1-3H3. The summed E-state index contributed by atoms with van der Waals surface area (Å²) < 4.78 is 4.98. The van der Waals surface area contributed by atoms with Gasteiger partial charge in [0.15, 0.2) is 0 Å². The first-order valence-electron chi connectivity index (χ1n) is 8.18. The zero-order valence-corrected chi connectivity index (χ0v) is 14.4. The molecule has 0 atom stereocenters. The Bertz CT molecular complexity index is 758. The molecule has 0 spiro atoms. The summed E-state index contributed by atoms with van der Waals surface area (Å²) in [5, 5.41) is 3.50. The minimum Gasteiger partial charge on any atom is -0.381 e. The molecule has 1 aliphatic rings. The Kier molecular flexibility index (Phi) is 4.81. The molecule has 1 aromatic heterocycles. The van der Waals surface area contributed by atoms with Crippen molar-refractivity contribution in [2.75, 3.05) is 30.5 Å². The predicted octanol–water partition coefficient (Wildman–Crippen LogP) is 2.85. The minimum atomic E-state index is 0.00646. The molecule has 1 aliphatic heterocycles. The van der Waals surface area contributed by atoms with Crippen LogP contribution in [-0.2, 0) is 22.5 Å². The number of fused-ring (bicyclic) bond motifs is 1. The van der Waals surface area contributed by atoms with E-state index in [1.165, 1.54) is 11.1 Å². The van der Waals surface area contributed by atoms with Crippen LogP contribution in [0.2, 0.25) is 0 Å². The molecule has 126 valence electrons. The predicted molar refractivity (Wildman–Crippen MR) is 95.4 cm³/mol. The second-order valence-corrected chi connectivity index (χ2v) is 6.08. The number of amides is 1. The van der Waals surface area contributed by atoms with Crippen molar-refractivity contribution in [3.63, 3.8) is 0 Å². The van der Waals surface area contributed by atoms with Gasteiger partial charge in [-0.3, -0.25) is 9.78 Å². The van der Waals surface area contributed by atoms with Crippen molar-refractivity contribution in [3.8, 4) is 0 Å². The summed E-state index contributed by atoms with van der Waals surface area (Å²) >= 11 is 0. The monoisotopic (exact) mass is 325 g/mol. The fraction of sp³-hybridized carbons (Fsp3) is 0.368. The molecule has 0 fully saturated rings. The highest BCUT2D eigenvalue weighted by molar-refractivity contribution is 5.97. The van der Waals surface area contributed by atoms with Crippen molar-refractivity contribution in [2.45, 2.75) is 26.8 Å². The van der Waals surface area contributed by atoms with Crippen molar-refractivity contribution in [1.82, 2.24) is 4.98 Å². The van der Waals surface area contributed by atoms with E-state index in [-0.39, 0.29) is 12.5 Å². The molecule has 2 heterocycles. The number of ether oxygens (including phenoxy) is 1. The number of benzene rings is 1. The lowest BCUT2D eigenvalue weighted by molar-refractivity contribution is -0.122. The number of pyridine rings is 1. The molecule has 0 bridgehead atoms. The lowest BCUT2D eigenvalue weighted by atomic mass is 10.1. The summed E-state index contributed by atoms with van der Waals surface area (Å²) in [6.07, 6.45) is 0.860. The zero-order valence-electron chi connectivity index (χ0n) is 14.4. The van der Waals surface area contributed by atoms with Gasteiger partial charge in [0.2, 0.25) is 0 Å². The van der Waals surface area contributed by atoms with Crippen LogP contribution in [0.5, 0.6) is 0 Å². The van der Waals surface area contributed by atoms with Crippen LogP contribution in [0, 0.1) is 13.8 Å². The first kappa shape index (κ1) is 16.5. The van der Waals surface area contributed by atoms with Gasteiger partial charge in [-0.25, -0.2) is 0 Å². The molecule has 1 aromatic carbocycles. The molecular formula is C19H23N3O2. The van der Waals surface area contributed by atoms with Crippen LogP contribution in [0.4, 0.5) is 11.4 Å². The summed E-state index contributed by atoms with van der Waals surface area (Å²) in [6.45, 7) is 5.58. The Morgan fingerprint density at radius 1 is 1.29 bits per heavy atom. The fourth-order valence-corrected chi connectivity index (χ4v) is 3.15. The highest BCUT2D eigenvalue weighted by Gasteiger charge is 2.26. The Morgan fingerprint density at radius 3 is 2.88 bits per heavy atom. The topological polar surface area (TPSA) is 54.5 Å². The van der Waals surface area contributed by atoms with Crippen molar-refractivity contribution in [2.24, 2.45) is 0 Å². The number of rotatable bonds is 5. The van der Waals surface area contributed by atoms with Gasteiger partial charge in [-0.2, -0.15) is 0 Å². The van der Waals surface area contributed by atoms with Crippen LogP contribution in [0.15, 0.2) is 30.3 Å². The van der Waals surface area contributed by atoms with E-state index < -0.39 is 0 Å². The molecular weight excluding hydrogens is 302 g/mol. The number of hydrogen-bond donors (Lipinski definition) is 1. The minimum absolute atomic E-state index is 0.00646. The lowest BCUT2D eigenvalue weighted by Crippen LogP contribution is -2.31. The maximum atomic E-state index is 12.1. The quantitative estimate of drug-likeness (QED) is 0.918. The van der Waals surface area contributed by atoms with Gasteiger partial charge >= 0.3 is 0 Å². The molecule has 1 N–H and O–H groups in total. The molecule has 0 aliphatic carbocycles. The summed E-state index contributed by atoms with van der Waals surface area (Å²) in [5.74, 6) is 0.00646. The smallest absolute Gasteiger partial charge is 0.252 e. The summed E-state index contributed by atoms with van der Waals surface area (Å²) in [5.41, 5.74) is 6.53. The van der Waals surface area contributed by atoms with E-state index >= 15 is 0 Å². The van der Waals surface area contributed by atoms with E-state index in [1.54, 1.807) is 7.11 Å². The number of nitrogens with one attached hydrogen (secondary N) is 1. The Balaban J connectivity index is 1.77. The van der Waals surface area contributed by atoms with Gasteiger partial charge in [0.05, 0.1) is 0 Å². The van der Waals surface area contributed by atoms with Crippen molar-refractivity contribution in [1.29, 1.82) is 0 Å². The summed E-state index contributed by atoms with van der Waals surface area (Å²) in [4.78, 5) is 18.5. The summed E-state index contributed by atoms with van der Waals surface area (Å²) in [7, 11) is 1.55. The summed E-state index contributed by atoms with van der Waals surface area (Å²) in [6, 6.07) is 10.2. The number of aryl methyl sites for hydroxylation is 2. The van der Waals surface area contributed by atoms with Crippen LogP contribution in [0.1, 0.15) is 22.5 Å². The SMILES string of the molecule is COCC(=O)N1CCc2c(NCc3ccc(C)nc3C)cccc21. The molecule has 5 heteroatoms. The number of nitrogens with zero attached hydrogens (tertiary/aromatic N) is 2. The molecule has 5 nitrogen and oxygen atoms in total. The molecule has 2 aromatic rings. The van der Waals surface area contributed by atoms with Crippen LogP contribution < -0.4 is 10.2 Å². The van der Waals surface area contributed by atoms with E-state index in [2.05, 4.69) is 22.4 Å². The van der Waals surface area contributed by atoms with E-state index in [1.807, 2.05) is 36.9 Å². The third-order valence-corrected chi connectivity index (χ3v) is 4.40. The molecule has 0 unspecified atom stereocenters. The van der Waals surface area contributed by atoms with Crippen molar-refractivity contribution >= 4 is 17.3 Å². The van der Waals surface area contributed by atoms with Gasteiger partial charge in [-0.15, -0.1) is 0 Å². The van der Waals surface area contributed by atoms with Crippen LogP contribution in [0.3, 0.4) is 0 Å². The van der Waals surface area contributed by atoms with E-state index in [0.717, 1.165) is 35.7 Å². The molecule has 3 rings (SSSR count).